The summed E-state index contributed by atoms with van der Waals surface area (Å²) in [7, 11) is 8.86. The van der Waals surface area contributed by atoms with Gasteiger partial charge in [-0.05, 0) is 132 Å². The fourth-order valence-electron chi connectivity index (χ4n) is 8.58. The Morgan fingerprint density at radius 3 is 1.51 bits per heavy atom. The molecular weight excluding hydrogens is 789 g/mol. The predicted molar refractivity (Wildman–Crippen MR) is 246 cm³/mol. The molecule has 0 spiro atoms. The highest BCUT2D eigenvalue weighted by molar-refractivity contribution is 5.98. The molecule has 10 nitrogen and oxygen atoms in total. The van der Waals surface area contributed by atoms with Crippen LogP contribution in [0.4, 0.5) is 0 Å². The second-order valence-electron chi connectivity index (χ2n) is 16.7. The van der Waals surface area contributed by atoms with Gasteiger partial charge in [0.2, 0.25) is 0 Å². The zero-order valence-corrected chi connectivity index (χ0v) is 36.2. The summed E-state index contributed by atoms with van der Waals surface area (Å²) in [5, 5.41) is 12.0. The number of carboxylic acid groups (broad SMARTS) is 1. The summed E-state index contributed by atoms with van der Waals surface area (Å²) >= 11 is 0. The molecule has 4 aromatic heterocycles. The van der Waals surface area contributed by atoms with E-state index in [0.29, 0.717) is 41.5 Å². The van der Waals surface area contributed by atoms with Crippen LogP contribution in [0.5, 0.6) is 11.5 Å². The van der Waals surface area contributed by atoms with Crippen LogP contribution in [0, 0.1) is 0 Å². The van der Waals surface area contributed by atoms with Gasteiger partial charge >= 0.3 is 11.9 Å². The normalized spacial score (nSPS) is 13.4. The standard InChI is InChI=1S/C27H26N2O3.C26H24N2O3/c1-29-16-24(19-5-4-6-21(13-19)31-2)22-11-17(7-10-26(22)29)12-25-23(27(30)32-3)14-20(15-28-25)18-8-9-18;1-28-15-23(18-4-3-5-20(12-18)31-2)21-10-16(6-9-25(21)28)11-24-22(26(29)30)13-19(14-27-24)17-7-8-17/h4-7,10-11,13-16,18H,8-9,12H2,1-3H3;3-6,9-10,12-15,17H,7-8,11H2,1-2H3,(H,29,30). The molecule has 2 saturated carbocycles. The van der Waals surface area contributed by atoms with Crippen molar-refractivity contribution in [2.45, 2.75) is 50.4 Å². The number of carbonyl (C=O) groups is 2. The summed E-state index contributed by atoms with van der Waals surface area (Å²) in [5.41, 5.74) is 13.3. The number of hydrogen-bond donors (Lipinski definition) is 1. The van der Waals surface area contributed by atoms with Crippen LogP contribution < -0.4 is 9.47 Å². The van der Waals surface area contributed by atoms with E-state index in [1.165, 1.54) is 20.0 Å². The molecule has 2 aliphatic carbocycles. The molecule has 2 fully saturated rings. The molecule has 1 N–H and O–H groups in total. The molecule has 0 amide bonds. The lowest BCUT2D eigenvalue weighted by Crippen LogP contribution is -2.09. The van der Waals surface area contributed by atoms with Gasteiger partial charge in [-0.15, -0.1) is 0 Å². The number of aromatic carboxylic acids is 1. The zero-order valence-electron chi connectivity index (χ0n) is 36.2. The van der Waals surface area contributed by atoms with Gasteiger partial charge < -0.3 is 28.5 Å². The number of aromatic nitrogens is 4. The summed E-state index contributed by atoms with van der Waals surface area (Å²) in [5.74, 6) is 1.42. The van der Waals surface area contributed by atoms with Crippen LogP contribution in [0.1, 0.15) is 91.9 Å². The fourth-order valence-corrected chi connectivity index (χ4v) is 8.58. The number of carboxylic acids is 1. The zero-order chi connectivity index (χ0) is 43.8. The molecule has 0 saturated heterocycles. The topological polar surface area (TPSA) is 118 Å². The Balaban J connectivity index is 0.000000160. The maximum absolute atomic E-state index is 12.5. The molecule has 0 radical (unpaired) electrons. The monoisotopic (exact) mass is 838 g/mol. The molecule has 4 heterocycles. The number of methoxy groups -OCH3 is 3. The van der Waals surface area contributed by atoms with E-state index in [1.54, 1.807) is 14.2 Å². The Morgan fingerprint density at radius 2 is 1.08 bits per heavy atom. The number of benzene rings is 4. The van der Waals surface area contributed by atoms with Gasteiger partial charge in [0.15, 0.2) is 0 Å². The number of hydrogen-bond acceptors (Lipinski definition) is 7. The number of nitrogens with zero attached hydrogens (tertiary/aromatic N) is 4. The lowest BCUT2D eigenvalue weighted by atomic mass is 9.99. The van der Waals surface area contributed by atoms with Crippen molar-refractivity contribution in [1.29, 1.82) is 0 Å². The van der Waals surface area contributed by atoms with E-state index in [9.17, 15) is 14.7 Å². The average Bonchev–Trinajstić information content (AvgIpc) is 4.26. The molecular formula is C53H50N4O6. The largest absolute Gasteiger partial charge is 0.497 e. The van der Waals surface area contributed by atoms with Gasteiger partial charge in [-0.25, -0.2) is 9.59 Å². The first-order valence-electron chi connectivity index (χ1n) is 21.3. The lowest BCUT2D eigenvalue weighted by molar-refractivity contribution is 0.0598. The maximum Gasteiger partial charge on any atom is 0.339 e. The van der Waals surface area contributed by atoms with Crippen LogP contribution in [0.25, 0.3) is 44.1 Å². The van der Waals surface area contributed by atoms with Gasteiger partial charge in [0.05, 0.1) is 43.8 Å². The number of esters is 1. The summed E-state index contributed by atoms with van der Waals surface area (Å²) in [6, 6.07) is 32.6. The minimum absolute atomic E-state index is 0.311. The highest BCUT2D eigenvalue weighted by atomic mass is 16.5. The minimum atomic E-state index is -0.914. The van der Waals surface area contributed by atoms with E-state index in [-0.39, 0.29) is 5.97 Å². The van der Waals surface area contributed by atoms with E-state index in [1.807, 2.05) is 61.9 Å². The van der Waals surface area contributed by atoms with Crippen molar-refractivity contribution in [3.05, 3.63) is 167 Å². The van der Waals surface area contributed by atoms with Crippen LogP contribution in [-0.2, 0) is 31.7 Å². The minimum Gasteiger partial charge on any atom is -0.497 e. The van der Waals surface area contributed by atoms with E-state index in [2.05, 4.69) is 93.1 Å². The SMILES string of the molecule is COC(=O)c1cc(C2CC2)cnc1Cc1ccc2c(c1)c(-c1cccc(OC)c1)cn2C.COc1cccc(-c2cn(C)c3ccc(Cc4ncc(C5CC5)cc4C(=O)O)cc23)c1. The molecule has 63 heavy (non-hydrogen) atoms. The summed E-state index contributed by atoms with van der Waals surface area (Å²) in [6.07, 6.45) is 13.7. The van der Waals surface area contributed by atoms with Crippen LogP contribution in [0.2, 0.25) is 0 Å². The first kappa shape index (κ1) is 41.2. The third-order valence-electron chi connectivity index (χ3n) is 12.3. The quantitative estimate of drug-likeness (QED) is 0.121. The van der Waals surface area contributed by atoms with Crippen molar-refractivity contribution in [2.24, 2.45) is 14.1 Å². The van der Waals surface area contributed by atoms with Crippen molar-refractivity contribution in [2.75, 3.05) is 21.3 Å². The third kappa shape index (κ3) is 8.66. The van der Waals surface area contributed by atoms with Gasteiger partial charge in [0, 0.05) is 84.7 Å². The third-order valence-corrected chi connectivity index (χ3v) is 12.3. The van der Waals surface area contributed by atoms with Gasteiger partial charge in [0.25, 0.3) is 0 Å². The van der Waals surface area contributed by atoms with Crippen molar-refractivity contribution < 1.29 is 28.9 Å². The summed E-state index contributed by atoms with van der Waals surface area (Å²) in [6.45, 7) is 0. The average molecular weight is 839 g/mol. The molecule has 0 unspecified atom stereocenters. The second kappa shape index (κ2) is 17.3. The first-order valence-corrected chi connectivity index (χ1v) is 21.3. The number of aryl methyl sites for hydroxylation is 2. The van der Waals surface area contributed by atoms with E-state index < -0.39 is 5.97 Å². The van der Waals surface area contributed by atoms with Gasteiger partial charge in [0.1, 0.15) is 11.5 Å². The number of carbonyl (C=O) groups excluding carboxylic acids is 1. The highest BCUT2D eigenvalue weighted by Crippen LogP contribution is 2.42. The van der Waals surface area contributed by atoms with Crippen LogP contribution >= 0.6 is 0 Å². The van der Waals surface area contributed by atoms with Gasteiger partial charge in [-0.1, -0.05) is 36.4 Å². The Kier molecular flexibility index (Phi) is 11.3. The van der Waals surface area contributed by atoms with Gasteiger partial charge in [-0.3, -0.25) is 9.97 Å². The first-order chi connectivity index (χ1) is 30.6. The van der Waals surface area contributed by atoms with Crippen molar-refractivity contribution >= 4 is 33.7 Å². The molecule has 0 atom stereocenters. The Morgan fingerprint density at radius 1 is 0.619 bits per heavy atom. The highest BCUT2D eigenvalue weighted by Gasteiger charge is 2.27. The molecule has 318 valence electrons. The van der Waals surface area contributed by atoms with E-state index in [4.69, 9.17) is 14.2 Å². The number of fused-ring (bicyclic) bond motifs is 2. The molecule has 10 rings (SSSR count). The summed E-state index contributed by atoms with van der Waals surface area (Å²) < 4.78 is 20.1. The van der Waals surface area contributed by atoms with E-state index in [0.717, 1.165) is 96.3 Å². The molecule has 2 aliphatic rings. The van der Waals surface area contributed by atoms with Crippen LogP contribution in [0.15, 0.2) is 122 Å². The van der Waals surface area contributed by atoms with Crippen LogP contribution in [-0.4, -0.2) is 57.5 Å². The van der Waals surface area contributed by atoms with Crippen molar-refractivity contribution in [3.8, 4) is 33.8 Å². The van der Waals surface area contributed by atoms with Crippen molar-refractivity contribution in [3.63, 3.8) is 0 Å². The Hall–Kier alpha value is -7.20. The molecule has 0 aliphatic heterocycles. The lowest BCUT2D eigenvalue weighted by Gasteiger charge is -2.10. The molecule has 0 bridgehead atoms. The smallest absolute Gasteiger partial charge is 0.339 e. The number of rotatable bonds is 12. The van der Waals surface area contributed by atoms with Crippen LogP contribution in [0.3, 0.4) is 0 Å². The van der Waals surface area contributed by atoms with Crippen molar-refractivity contribution in [1.82, 2.24) is 19.1 Å². The Labute approximate surface area is 366 Å². The molecule has 4 aromatic carbocycles. The fraction of sp³-hybridized carbons (Fsp3) is 0.245. The number of ether oxygens (including phenoxy) is 3. The second-order valence-corrected chi connectivity index (χ2v) is 16.7. The maximum atomic E-state index is 12.5. The van der Waals surface area contributed by atoms with Gasteiger partial charge in [-0.2, -0.15) is 0 Å². The Bertz CT molecular complexity index is 3030. The van der Waals surface area contributed by atoms with E-state index >= 15 is 0 Å². The predicted octanol–water partition coefficient (Wildman–Crippen LogP) is 10.9. The number of pyridine rings is 2. The molecule has 10 heteroatoms. The summed E-state index contributed by atoms with van der Waals surface area (Å²) in [4.78, 5) is 33.5. The molecule has 8 aromatic rings.